The molecular formula is C48H64Br3N3O11. The SMILES string of the molecule is CC(C)(C)OC(=O)N[C@@H](C=O)Cc1ccc(Br)cc1.CCOC(=O)/C(C)=C/[C@@H](Cc1ccc(Br)cc1)NC(=O)OC(C)(C)C.COC(=O)[C@@H](Cc1ccc(Br)cc1)NC(=O)OC(C)(C)C. The van der Waals surface area contributed by atoms with Crippen molar-refractivity contribution in [1.82, 2.24) is 16.0 Å². The fourth-order valence-corrected chi connectivity index (χ4v) is 6.00. The van der Waals surface area contributed by atoms with Gasteiger partial charge in [-0.15, -0.1) is 0 Å². The number of rotatable bonds is 14. The first kappa shape index (κ1) is 58.3. The number of amides is 3. The van der Waals surface area contributed by atoms with Crippen molar-refractivity contribution in [2.45, 2.75) is 130 Å². The molecular weight excluding hydrogens is 1030 g/mol. The standard InChI is InChI=1S/C19H26BrNO4.C15H20BrNO4.C14H18BrNO3/c1-6-24-17(22)13(2)11-16(21-18(23)25-19(3,4)5)12-14-7-9-15(20)10-8-14;1-15(2,3)21-14(19)17-12(13(18)20-4)9-10-5-7-11(16)8-6-10;1-14(2,3)19-13(18)16-12(9-17)8-10-4-6-11(15)7-5-10/h7-11,16H,6,12H2,1-5H3,(H,21,23);5-8,12H,9H2,1-4H3,(H,17,19);4-7,9,12H,8H2,1-3H3,(H,16,18)/b13-11+;;/t16-;2*12-/m011/s1. The van der Waals surface area contributed by atoms with Crippen LogP contribution < -0.4 is 16.0 Å². The van der Waals surface area contributed by atoms with E-state index in [1.807, 2.05) is 72.8 Å². The molecule has 0 heterocycles. The molecule has 3 aromatic carbocycles. The molecule has 0 radical (unpaired) electrons. The molecule has 0 saturated heterocycles. The van der Waals surface area contributed by atoms with E-state index in [4.69, 9.17) is 23.7 Å². The van der Waals surface area contributed by atoms with E-state index in [-0.39, 0.29) is 6.04 Å². The molecule has 3 N–H and O–H groups in total. The minimum Gasteiger partial charge on any atom is -0.467 e. The van der Waals surface area contributed by atoms with Crippen molar-refractivity contribution in [3.63, 3.8) is 0 Å². The number of carbonyl (C=O) groups excluding carboxylic acids is 6. The fraction of sp³-hybridized carbons (Fsp3) is 0.458. The van der Waals surface area contributed by atoms with Gasteiger partial charge in [0.05, 0.1) is 25.8 Å². The lowest BCUT2D eigenvalue weighted by Crippen LogP contribution is -2.45. The van der Waals surface area contributed by atoms with Gasteiger partial charge in [0.1, 0.15) is 29.1 Å². The molecule has 0 fully saturated rings. The van der Waals surface area contributed by atoms with Gasteiger partial charge in [0.2, 0.25) is 0 Å². The van der Waals surface area contributed by atoms with Crippen molar-refractivity contribution in [3.05, 3.63) is 115 Å². The summed E-state index contributed by atoms with van der Waals surface area (Å²) in [4.78, 5) is 70.1. The molecule has 0 saturated carbocycles. The van der Waals surface area contributed by atoms with Crippen LogP contribution >= 0.6 is 47.8 Å². The molecule has 0 unspecified atom stereocenters. The van der Waals surface area contributed by atoms with E-state index in [2.05, 4.69) is 63.7 Å². The molecule has 14 nitrogen and oxygen atoms in total. The third kappa shape index (κ3) is 28.0. The number of nitrogens with one attached hydrogen (secondary N) is 3. The lowest BCUT2D eigenvalue weighted by Gasteiger charge is -2.22. The van der Waals surface area contributed by atoms with Crippen LogP contribution in [0.25, 0.3) is 0 Å². The molecule has 3 rings (SSSR count). The lowest BCUT2D eigenvalue weighted by molar-refractivity contribution is -0.143. The Morgan fingerprint density at radius 2 is 0.908 bits per heavy atom. The number of esters is 2. The summed E-state index contributed by atoms with van der Waals surface area (Å²) < 4.78 is 28.2. The molecule has 0 aliphatic heterocycles. The number of benzene rings is 3. The zero-order valence-electron chi connectivity index (χ0n) is 39.3. The Labute approximate surface area is 409 Å². The molecule has 0 aliphatic carbocycles. The third-order valence-electron chi connectivity index (χ3n) is 7.88. The Morgan fingerprint density at radius 1 is 0.569 bits per heavy atom. The fourth-order valence-electron chi connectivity index (χ4n) is 5.21. The van der Waals surface area contributed by atoms with Gasteiger partial charge >= 0.3 is 30.2 Å². The summed E-state index contributed by atoms with van der Waals surface area (Å²) in [6.45, 7) is 19.7. The van der Waals surface area contributed by atoms with Crippen molar-refractivity contribution in [1.29, 1.82) is 0 Å². The van der Waals surface area contributed by atoms with Crippen LogP contribution in [0.5, 0.6) is 0 Å². The third-order valence-corrected chi connectivity index (χ3v) is 9.47. The molecule has 358 valence electrons. The zero-order chi connectivity index (χ0) is 49.5. The van der Waals surface area contributed by atoms with Gasteiger partial charge in [-0.05, 0) is 142 Å². The summed E-state index contributed by atoms with van der Waals surface area (Å²) in [6.07, 6.45) is 1.97. The Hall–Kier alpha value is -4.74. The highest BCUT2D eigenvalue weighted by molar-refractivity contribution is 9.11. The van der Waals surface area contributed by atoms with Crippen molar-refractivity contribution >= 4 is 84.3 Å². The van der Waals surface area contributed by atoms with Gasteiger partial charge < -0.3 is 44.4 Å². The highest BCUT2D eigenvalue weighted by atomic mass is 79.9. The van der Waals surface area contributed by atoms with Crippen LogP contribution in [0.1, 0.15) is 92.9 Å². The summed E-state index contributed by atoms with van der Waals surface area (Å²) in [6, 6.07) is 21.1. The highest BCUT2D eigenvalue weighted by Crippen LogP contribution is 2.17. The molecule has 17 heteroatoms. The van der Waals surface area contributed by atoms with E-state index in [1.54, 1.807) is 82.2 Å². The number of aldehydes is 1. The van der Waals surface area contributed by atoms with Gasteiger partial charge in [-0.1, -0.05) is 90.3 Å². The van der Waals surface area contributed by atoms with Crippen LogP contribution in [0.4, 0.5) is 14.4 Å². The topological polar surface area (TPSA) is 185 Å². The van der Waals surface area contributed by atoms with E-state index in [0.29, 0.717) is 37.7 Å². The minimum atomic E-state index is -0.786. The summed E-state index contributed by atoms with van der Waals surface area (Å²) in [5, 5.41) is 7.89. The number of carbonyl (C=O) groups is 6. The number of methoxy groups -OCH3 is 1. The molecule has 3 amide bonds. The van der Waals surface area contributed by atoms with Crippen LogP contribution in [0, 0.1) is 0 Å². The smallest absolute Gasteiger partial charge is 0.408 e. The Balaban J connectivity index is 0.000000492. The van der Waals surface area contributed by atoms with E-state index >= 15 is 0 Å². The van der Waals surface area contributed by atoms with Crippen LogP contribution in [0.3, 0.4) is 0 Å². The Kier molecular flexibility index (Phi) is 25.4. The molecule has 0 aromatic heterocycles. The number of hydrogen-bond donors (Lipinski definition) is 3. The predicted octanol–water partition coefficient (Wildman–Crippen LogP) is 10.5. The maximum absolute atomic E-state index is 12.1. The number of halogens is 3. The molecule has 3 atom stereocenters. The van der Waals surface area contributed by atoms with E-state index in [9.17, 15) is 28.8 Å². The average molecular weight is 1100 g/mol. The molecule has 0 bridgehead atoms. The first-order valence-corrected chi connectivity index (χ1v) is 23.1. The zero-order valence-corrected chi connectivity index (χ0v) is 44.0. The van der Waals surface area contributed by atoms with Gasteiger partial charge in [0, 0.05) is 25.4 Å². The number of alkyl carbamates (subject to hydrolysis) is 3. The highest BCUT2D eigenvalue weighted by Gasteiger charge is 2.26. The van der Waals surface area contributed by atoms with Crippen LogP contribution in [0.15, 0.2) is 97.9 Å². The maximum Gasteiger partial charge on any atom is 0.408 e. The van der Waals surface area contributed by atoms with E-state index < -0.39 is 59.1 Å². The average Bonchev–Trinajstić information content (AvgIpc) is 3.18. The summed E-state index contributed by atoms with van der Waals surface area (Å²) in [5.41, 5.74) is 1.56. The van der Waals surface area contributed by atoms with Crippen molar-refractivity contribution in [2.75, 3.05) is 13.7 Å². The summed E-state index contributed by atoms with van der Waals surface area (Å²) in [7, 11) is 1.29. The monoisotopic (exact) mass is 1100 g/mol. The Morgan fingerprint density at radius 3 is 1.25 bits per heavy atom. The van der Waals surface area contributed by atoms with Gasteiger partial charge in [0.15, 0.2) is 0 Å². The second-order valence-corrected chi connectivity index (χ2v) is 20.2. The molecule has 0 aliphatic rings. The van der Waals surface area contributed by atoms with Crippen molar-refractivity contribution < 1.29 is 52.5 Å². The first-order chi connectivity index (χ1) is 30.1. The van der Waals surface area contributed by atoms with Gasteiger partial charge in [0.25, 0.3) is 0 Å². The predicted molar refractivity (Wildman–Crippen MR) is 261 cm³/mol. The summed E-state index contributed by atoms with van der Waals surface area (Å²) >= 11 is 10.1. The Bertz CT molecular complexity index is 2010. The second-order valence-electron chi connectivity index (χ2n) is 17.4. The largest absolute Gasteiger partial charge is 0.467 e. The summed E-state index contributed by atoms with van der Waals surface area (Å²) in [5.74, 6) is -0.905. The second kappa shape index (κ2) is 28.3. The van der Waals surface area contributed by atoms with Crippen LogP contribution in [-0.4, -0.2) is 85.1 Å². The lowest BCUT2D eigenvalue weighted by atomic mass is 10.0. The van der Waals surface area contributed by atoms with Crippen LogP contribution in [0.2, 0.25) is 0 Å². The normalized spacial score (nSPS) is 12.8. The van der Waals surface area contributed by atoms with E-state index in [1.165, 1.54) is 7.11 Å². The number of ether oxygens (including phenoxy) is 5. The van der Waals surface area contributed by atoms with Gasteiger partial charge in [-0.25, -0.2) is 24.0 Å². The maximum atomic E-state index is 12.1. The van der Waals surface area contributed by atoms with Gasteiger partial charge in [-0.3, -0.25) is 0 Å². The quantitative estimate of drug-likeness (QED) is 0.0604. The van der Waals surface area contributed by atoms with Crippen molar-refractivity contribution in [2.24, 2.45) is 0 Å². The van der Waals surface area contributed by atoms with Gasteiger partial charge in [-0.2, -0.15) is 0 Å². The molecule has 65 heavy (non-hydrogen) atoms. The van der Waals surface area contributed by atoms with Crippen molar-refractivity contribution in [3.8, 4) is 0 Å². The van der Waals surface area contributed by atoms with E-state index in [0.717, 1.165) is 30.1 Å². The first-order valence-electron chi connectivity index (χ1n) is 20.7. The van der Waals surface area contributed by atoms with Crippen LogP contribution in [-0.2, 0) is 57.3 Å². The molecule has 3 aromatic rings. The molecule has 0 spiro atoms. The number of hydrogen-bond acceptors (Lipinski definition) is 11. The minimum absolute atomic E-state index is 0.306.